The number of rotatable bonds is 4. The predicted octanol–water partition coefficient (Wildman–Crippen LogP) is 4.94. The molecule has 0 saturated carbocycles. The number of halogens is 1. The standard InChI is InChI=1S/C22H22BClO3/c1-21(2,25)22(3,4)27-23-16-11-14(24)12-18-20(16)19-15-8-6-5-7-13(15)9-10-17(19)26-18/h5-12,23,25H,1-4H3. The van der Waals surface area contributed by atoms with Crippen molar-refractivity contribution < 1.29 is 14.2 Å². The number of furan rings is 1. The Bertz CT molecular complexity index is 1160. The summed E-state index contributed by atoms with van der Waals surface area (Å²) in [5.41, 5.74) is 0.825. The average Bonchev–Trinajstić information content (AvgIpc) is 2.97. The normalized spacial score (nSPS) is 13.0. The van der Waals surface area contributed by atoms with E-state index in [-0.39, 0.29) is 0 Å². The van der Waals surface area contributed by atoms with Gasteiger partial charge in [-0.05, 0) is 56.1 Å². The first-order valence-corrected chi connectivity index (χ1v) is 9.44. The van der Waals surface area contributed by atoms with Gasteiger partial charge in [0.05, 0.1) is 11.2 Å². The van der Waals surface area contributed by atoms with Gasteiger partial charge in [-0.25, -0.2) is 0 Å². The maximum Gasteiger partial charge on any atom is 0.310 e. The Balaban J connectivity index is 1.93. The van der Waals surface area contributed by atoms with Crippen molar-refractivity contribution in [2.45, 2.75) is 38.9 Å². The van der Waals surface area contributed by atoms with Crippen molar-refractivity contribution in [3.8, 4) is 0 Å². The van der Waals surface area contributed by atoms with E-state index in [0.29, 0.717) is 12.5 Å². The third-order valence-corrected chi connectivity index (χ3v) is 5.79. The van der Waals surface area contributed by atoms with Crippen molar-refractivity contribution in [1.29, 1.82) is 0 Å². The highest BCUT2D eigenvalue weighted by atomic mass is 35.5. The van der Waals surface area contributed by atoms with Crippen LogP contribution in [-0.4, -0.2) is 23.8 Å². The summed E-state index contributed by atoms with van der Waals surface area (Å²) in [7, 11) is 0.325. The molecule has 0 radical (unpaired) electrons. The van der Waals surface area contributed by atoms with Crippen molar-refractivity contribution in [3.05, 3.63) is 53.6 Å². The molecule has 0 fully saturated rings. The summed E-state index contributed by atoms with van der Waals surface area (Å²) < 4.78 is 12.2. The summed E-state index contributed by atoms with van der Waals surface area (Å²) in [5.74, 6) is 0. The quantitative estimate of drug-likeness (QED) is 0.510. The Labute approximate surface area is 164 Å². The molecule has 4 aromatic rings. The van der Waals surface area contributed by atoms with Crippen LogP contribution in [0.2, 0.25) is 5.02 Å². The van der Waals surface area contributed by atoms with E-state index < -0.39 is 11.2 Å². The van der Waals surface area contributed by atoms with Crippen molar-refractivity contribution in [2.75, 3.05) is 0 Å². The predicted molar refractivity (Wildman–Crippen MR) is 114 cm³/mol. The molecule has 0 spiro atoms. The summed E-state index contributed by atoms with van der Waals surface area (Å²) in [4.78, 5) is 0. The zero-order valence-corrected chi connectivity index (χ0v) is 16.7. The van der Waals surface area contributed by atoms with E-state index in [1.165, 1.54) is 0 Å². The van der Waals surface area contributed by atoms with E-state index in [9.17, 15) is 5.11 Å². The van der Waals surface area contributed by atoms with Crippen LogP contribution in [0.4, 0.5) is 0 Å². The second-order valence-corrected chi connectivity index (χ2v) is 8.49. The molecule has 3 nitrogen and oxygen atoms in total. The highest BCUT2D eigenvalue weighted by Gasteiger charge is 2.36. The van der Waals surface area contributed by atoms with Gasteiger partial charge in [-0.3, -0.25) is 0 Å². The molecule has 0 bridgehead atoms. The molecule has 138 valence electrons. The fourth-order valence-corrected chi connectivity index (χ4v) is 3.49. The molecule has 0 aliphatic carbocycles. The number of benzene rings is 3. The summed E-state index contributed by atoms with van der Waals surface area (Å²) >= 11 is 6.34. The second-order valence-electron chi connectivity index (χ2n) is 8.06. The Morgan fingerprint density at radius 1 is 0.963 bits per heavy atom. The van der Waals surface area contributed by atoms with Gasteiger partial charge >= 0.3 is 7.48 Å². The zero-order chi connectivity index (χ0) is 19.4. The lowest BCUT2D eigenvalue weighted by atomic mass is 9.80. The smallest absolute Gasteiger partial charge is 0.310 e. The Morgan fingerprint density at radius 3 is 2.44 bits per heavy atom. The largest absolute Gasteiger partial charge is 0.456 e. The first kappa shape index (κ1) is 18.4. The number of hydrogen-bond donors (Lipinski definition) is 1. The van der Waals surface area contributed by atoms with Crippen LogP contribution < -0.4 is 5.46 Å². The van der Waals surface area contributed by atoms with Gasteiger partial charge in [0.1, 0.15) is 11.2 Å². The lowest BCUT2D eigenvalue weighted by Gasteiger charge is -2.37. The van der Waals surface area contributed by atoms with Crippen LogP contribution in [0.15, 0.2) is 52.9 Å². The molecule has 0 saturated heterocycles. The van der Waals surface area contributed by atoms with Gasteiger partial charge in [0.25, 0.3) is 0 Å². The highest BCUT2D eigenvalue weighted by molar-refractivity contribution is 6.54. The van der Waals surface area contributed by atoms with E-state index >= 15 is 0 Å². The highest BCUT2D eigenvalue weighted by Crippen LogP contribution is 2.35. The molecule has 1 heterocycles. The van der Waals surface area contributed by atoms with E-state index in [2.05, 4.69) is 18.2 Å². The van der Waals surface area contributed by atoms with Gasteiger partial charge in [0.15, 0.2) is 0 Å². The Morgan fingerprint density at radius 2 is 1.70 bits per heavy atom. The van der Waals surface area contributed by atoms with Crippen LogP contribution in [0.3, 0.4) is 0 Å². The first-order chi connectivity index (χ1) is 12.7. The molecular formula is C22H22BClO3. The third-order valence-electron chi connectivity index (χ3n) is 5.57. The van der Waals surface area contributed by atoms with Crippen LogP contribution in [0, 0.1) is 0 Å². The lowest BCUT2D eigenvalue weighted by molar-refractivity contribution is -0.0893. The molecule has 0 aliphatic heterocycles. The molecule has 5 heteroatoms. The van der Waals surface area contributed by atoms with Crippen molar-refractivity contribution >= 4 is 57.3 Å². The lowest BCUT2D eigenvalue weighted by Crippen LogP contribution is -2.49. The average molecular weight is 381 g/mol. The minimum atomic E-state index is -0.976. The molecule has 0 aliphatic rings. The van der Waals surface area contributed by atoms with Crippen molar-refractivity contribution in [3.63, 3.8) is 0 Å². The van der Waals surface area contributed by atoms with Gasteiger partial charge in [0.2, 0.25) is 0 Å². The van der Waals surface area contributed by atoms with Crippen molar-refractivity contribution in [2.24, 2.45) is 0 Å². The van der Waals surface area contributed by atoms with Crippen LogP contribution in [0.25, 0.3) is 32.7 Å². The van der Waals surface area contributed by atoms with Crippen LogP contribution >= 0.6 is 11.6 Å². The SMILES string of the molecule is CC(C)(O)C(C)(C)OBc1cc(Cl)cc2oc3ccc4ccccc4c3c12. The minimum absolute atomic E-state index is 0.325. The molecule has 0 unspecified atom stereocenters. The van der Waals surface area contributed by atoms with E-state index in [1.54, 1.807) is 13.8 Å². The monoisotopic (exact) mass is 380 g/mol. The van der Waals surface area contributed by atoms with E-state index in [1.807, 2.05) is 44.2 Å². The fraction of sp³-hybridized carbons (Fsp3) is 0.273. The molecule has 1 aromatic heterocycles. The second kappa shape index (κ2) is 6.27. The molecule has 0 amide bonds. The van der Waals surface area contributed by atoms with Crippen LogP contribution in [0.5, 0.6) is 0 Å². The number of fused-ring (bicyclic) bond motifs is 5. The Hall–Kier alpha value is -2.01. The minimum Gasteiger partial charge on any atom is -0.456 e. The molecule has 1 N–H and O–H groups in total. The van der Waals surface area contributed by atoms with Crippen molar-refractivity contribution in [1.82, 2.24) is 0 Å². The fourth-order valence-electron chi connectivity index (χ4n) is 3.26. The summed E-state index contributed by atoms with van der Waals surface area (Å²) in [6, 6.07) is 16.1. The topological polar surface area (TPSA) is 42.6 Å². The number of hydrogen-bond acceptors (Lipinski definition) is 3. The third kappa shape index (κ3) is 3.12. The maximum absolute atomic E-state index is 10.4. The summed E-state index contributed by atoms with van der Waals surface area (Å²) in [6.45, 7) is 7.28. The van der Waals surface area contributed by atoms with Crippen LogP contribution in [0.1, 0.15) is 27.7 Å². The maximum atomic E-state index is 10.4. The summed E-state index contributed by atoms with van der Waals surface area (Å²) in [6.07, 6.45) is 0. The first-order valence-electron chi connectivity index (χ1n) is 9.06. The molecule has 4 rings (SSSR count). The van der Waals surface area contributed by atoms with Gasteiger partial charge < -0.3 is 14.2 Å². The van der Waals surface area contributed by atoms with Crippen LogP contribution in [-0.2, 0) is 4.65 Å². The van der Waals surface area contributed by atoms with E-state index in [0.717, 1.165) is 38.2 Å². The summed E-state index contributed by atoms with van der Waals surface area (Å²) in [5, 5.41) is 15.4. The van der Waals surface area contributed by atoms with E-state index in [4.69, 9.17) is 20.7 Å². The van der Waals surface area contributed by atoms with Gasteiger partial charge in [-0.1, -0.05) is 41.9 Å². The molecule has 0 atom stereocenters. The molecule has 27 heavy (non-hydrogen) atoms. The van der Waals surface area contributed by atoms with Gasteiger partial charge in [-0.2, -0.15) is 0 Å². The Kier molecular flexibility index (Phi) is 4.26. The number of aliphatic hydroxyl groups is 1. The van der Waals surface area contributed by atoms with Gasteiger partial charge in [0, 0.05) is 21.9 Å². The molecule has 3 aromatic carbocycles. The van der Waals surface area contributed by atoms with Gasteiger partial charge in [-0.15, -0.1) is 0 Å². The molecular weight excluding hydrogens is 359 g/mol. The zero-order valence-electron chi connectivity index (χ0n) is 16.0.